The van der Waals surface area contributed by atoms with Crippen LogP contribution in [-0.4, -0.2) is 93.1 Å². The Morgan fingerprint density at radius 3 is 1.16 bits per heavy atom. The molecule has 0 saturated heterocycles. The number of ether oxygens (including phenoxy) is 8. The minimum atomic E-state index is -1.39. The summed E-state index contributed by atoms with van der Waals surface area (Å²) < 4.78 is 40.2. The Hall–Kier alpha value is -2.93. The monoisotopic (exact) mass is 550 g/mol. The first-order chi connectivity index (χ1) is 17.3. The van der Waals surface area contributed by atoms with Gasteiger partial charge >= 0.3 is 24.2 Å². The van der Waals surface area contributed by atoms with Crippen molar-refractivity contribution in [1.29, 1.82) is 0 Å². The molecular weight excluding hydrogens is 508 g/mol. The molecule has 0 saturated carbocycles. The minimum Gasteiger partial charge on any atom is -0.455 e. The minimum absolute atomic E-state index is 0.0543. The third-order valence-corrected chi connectivity index (χ3v) is 5.10. The molecule has 0 spiro atoms. The molecule has 38 heavy (non-hydrogen) atoms. The van der Waals surface area contributed by atoms with E-state index in [0.29, 0.717) is 0 Å². The van der Waals surface area contributed by atoms with Crippen LogP contribution in [0.3, 0.4) is 0 Å². The molecule has 0 heterocycles. The topological polar surface area (TPSA) is 159 Å². The largest absolute Gasteiger partial charge is 0.508 e. The first kappa shape index (κ1) is 35.1. The van der Waals surface area contributed by atoms with Gasteiger partial charge in [0.25, 0.3) is 0 Å². The Kier molecular flexibility index (Phi) is 13.7. The lowest BCUT2D eigenvalue weighted by Gasteiger charge is -2.28. The van der Waals surface area contributed by atoms with Crippen molar-refractivity contribution >= 4 is 30.0 Å². The summed E-state index contributed by atoms with van der Waals surface area (Å²) >= 11 is 0. The summed E-state index contributed by atoms with van der Waals surface area (Å²) in [6, 6.07) is 0. The maximum absolute atomic E-state index is 12.4. The number of carbonyl (C=O) groups is 5. The fraction of sp³-hybridized carbons (Fsp3) is 0.800. The number of hydrogen-bond acceptors (Lipinski definition) is 13. The number of Topliss-reactive ketones (excluding diaryl/α,β-unsaturated/α-hetero) is 1. The zero-order valence-electron chi connectivity index (χ0n) is 24.0. The number of esters is 2. The molecule has 0 amide bonds. The first-order valence-electron chi connectivity index (χ1n) is 11.9. The van der Waals surface area contributed by atoms with E-state index in [0.717, 1.165) is 0 Å². The van der Waals surface area contributed by atoms with Crippen molar-refractivity contribution in [3.05, 3.63) is 0 Å². The number of methoxy groups -OCH3 is 2. The van der Waals surface area contributed by atoms with E-state index in [-0.39, 0.29) is 26.1 Å². The summed E-state index contributed by atoms with van der Waals surface area (Å²) in [7, 11) is 2.39. The smallest absolute Gasteiger partial charge is 0.455 e. The maximum Gasteiger partial charge on any atom is 0.508 e. The lowest BCUT2D eigenvalue weighted by molar-refractivity contribution is -0.175. The molecule has 0 aromatic carbocycles. The molecule has 0 atom stereocenters. The Balaban J connectivity index is 4.50. The molecule has 13 heteroatoms. The first-order valence-corrected chi connectivity index (χ1v) is 11.9. The Morgan fingerprint density at radius 2 is 0.868 bits per heavy atom. The second-order valence-electron chi connectivity index (χ2n) is 10.5. The summed E-state index contributed by atoms with van der Waals surface area (Å²) in [5.74, 6) is -2.26. The molecule has 0 aromatic rings. The molecule has 0 aromatic heterocycles. The molecule has 0 radical (unpaired) electrons. The van der Waals surface area contributed by atoms with E-state index < -0.39 is 65.7 Å². The van der Waals surface area contributed by atoms with Crippen LogP contribution in [0.5, 0.6) is 0 Å². The van der Waals surface area contributed by atoms with Gasteiger partial charge in [-0.15, -0.1) is 0 Å². The third kappa shape index (κ3) is 14.1. The average Bonchev–Trinajstić information content (AvgIpc) is 2.79. The van der Waals surface area contributed by atoms with Gasteiger partial charge in [-0.2, -0.15) is 0 Å². The third-order valence-electron chi connectivity index (χ3n) is 5.10. The number of rotatable bonds is 16. The van der Waals surface area contributed by atoms with Gasteiger partial charge in [0.15, 0.2) is 24.4 Å². The van der Waals surface area contributed by atoms with E-state index in [2.05, 4.69) is 9.47 Å². The fourth-order valence-corrected chi connectivity index (χ4v) is 2.54. The van der Waals surface area contributed by atoms with E-state index in [1.54, 1.807) is 27.7 Å². The van der Waals surface area contributed by atoms with Gasteiger partial charge in [-0.3, -0.25) is 4.79 Å². The highest BCUT2D eigenvalue weighted by molar-refractivity contribution is 5.87. The average molecular weight is 551 g/mol. The van der Waals surface area contributed by atoms with Gasteiger partial charge in [-0.1, -0.05) is 0 Å². The molecule has 0 fully saturated rings. The van der Waals surface area contributed by atoms with E-state index >= 15 is 0 Å². The SMILES string of the molecule is COC(=O)OC(C)(C)CCOC(C)(C)C(=O)OCC(=O)COC(=O)C(C)(C)OCCC(C)(C)OC(=O)OC. The zero-order valence-corrected chi connectivity index (χ0v) is 24.0. The van der Waals surface area contributed by atoms with Crippen LogP contribution in [0.1, 0.15) is 68.2 Å². The standard InChI is InChI=1S/C25H42O13/c1-22(2,37-20(29)31-9)11-13-35-24(5,6)18(27)33-15-17(26)16-34-19(28)25(7,8)36-14-12-23(3,4)38-21(30)32-10/h11-16H2,1-10H3. The summed E-state index contributed by atoms with van der Waals surface area (Å²) in [6.45, 7) is 11.3. The lowest BCUT2D eigenvalue weighted by atomic mass is 10.1. The molecule has 0 rings (SSSR count). The molecule has 0 aliphatic carbocycles. The summed E-state index contributed by atoms with van der Waals surface area (Å²) in [5.41, 5.74) is -4.56. The Labute approximate surface area is 223 Å². The van der Waals surface area contributed by atoms with Crippen LogP contribution in [0.25, 0.3) is 0 Å². The van der Waals surface area contributed by atoms with Crippen LogP contribution in [-0.2, 0) is 52.3 Å². The van der Waals surface area contributed by atoms with Gasteiger partial charge in [0, 0.05) is 12.8 Å². The second-order valence-corrected chi connectivity index (χ2v) is 10.5. The number of carbonyl (C=O) groups excluding carboxylic acids is 5. The van der Waals surface area contributed by atoms with Crippen molar-refractivity contribution in [1.82, 2.24) is 0 Å². The second kappa shape index (κ2) is 14.9. The number of ketones is 1. The molecule has 0 N–H and O–H groups in total. The molecule has 0 aliphatic rings. The van der Waals surface area contributed by atoms with Crippen LogP contribution < -0.4 is 0 Å². The molecule has 0 aliphatic heterocycles. The van der Waals surface area contributed by atoms with Crippen molar-refractivity contribution in [2.45, 2.75) is 90.6 Å². The van der Waals surface area contributed by atoms with E-state index in [1.807, 2.05) is 0 Å². The van der Waals surface area contributed by atoms with Crippen molar-refractivity contribution in [2.75, 3.05) is 40.6 Å². The van der Waals surface area contributed by atoms with Crippen LogP contribution in [0.4, 0.5) is 9.59 Å². The van der Waals surface area contributed by atoms with Crippen molar-refractivity contribution < 1.29 is 61.9 Å². The molecule has 220 valence electrons. The predicted octanol–water partition coefficient (Wildman–Crippen LogP) is 3.14. The highest BCUT2D eigenvalue weighted by Gasteiger charge is 2.34. The number of hydrogen-bond donors (Lipinski definition) is 0. The van der Waals surface area contributed by atoms with Gasteiger partial charge in [0.1, 0.15) is 11.2 Å². The van der Waals surface area contributed by atoms with Gasteiger partial charge in [-0.05, 0) is 55.4 Å². The fourth-order valence-electron chi connectivity index (χ4n) is 2.54. The van der Waals surface area contributed by atoms with Crippen LogP contribution in [0.2, 0.25) is 0 Å². The van der Waals surface area contributed by atoms with E-state index in [9.17, 15) is 24.0 Å². The van der Waals surface area contributed by atoms with Crippen molar-refractivity contribution in [3.63, 3.8) is 0 Å². The Morgan fingerprint density at radius 1 is 0.553 bits per heavy atom. The Bertz CT molecular complexity index is 761. The zero-order chi connectivity index (χ0) is 29.8. The van der Waals surface area contributed by atoms with Gasteiger partial charge in [0.2, 0.25) is 5.78 Å². The predicted molar refractivity (Wildman–Crippen MR) is 131 cm³/mol. The molecule has 0 unspecified atom stereocenters. The van der Waals surface area contributed by atoms with Crippen LogP contribution in [0, 0.1) is 0 Å². The van der Waals surface area contributed by atoms with Crippen LogP contribution >= 0.6 is 0 Å². The highest BCUT2D eigenvalue weighted by Crippen LogP contribution is 2.20. The van der Waals surface area contributed by atoms with Crippen molar-refractivity contribution in [2.24, 2.45) is 0 Å². The normalized spacial score (nSPS) is 12.3. The molecular formula is C25H42O13. The van der Waals surface area contributed by atoms with E-state index in [4.69, 9.17) is 28.4 Å². The quantitative estimate of drug-likeness (QED) is 0.204. The maximum atomic E-state index is 12.4. The summed E-state index contributed by atoms with van der Waals surface area (Å²) in [6.07, 6.45) is -1.14. The van der Waals surface area contributed by atoms with Crippen molar-refractivity contribution in [3.8, 4) is 0 Å². The van der Waals surface area contributed by atoms with Gasteiger partial charge in [-0.25, -0.2) is 19.2 Å². The molecule has 13 nitrogen and oxygen atoms in total. The summed E-state index contributed by atoms with van der Waals surface area (Å²) in [5, 5.41) is 0. The summed E-state index contributed by atoms with van der Waals surface area (Å²) in [4.78, 5) is 59.4. The van der Waals surface area contributed by atoms with Gasteiger partial charge < -0.3 is 37.9 Å². The lowest BCUT2D eigenvalue weighted by Crippen LogP contribution is -2.41. The van der Waals surface area contributed by atoms with Gasteiger partial charge in [0.05, 0.1) is 27.4 Å². The molecule has 0 bridgehead atoms. The highest BCUT2D eigenvalue weighted by atomic mass is 16.7. The van der Waals surface area contributed by atoms with E-state index in [1.165, 1.54) is 41.9 Å². The van der Waals surface area contributed by atoms with Crippen LogP contribution in [0.15, 0.2) is 0 Å².